The van der Waals surface area contributed by atoms with Gasteiger partial charge in [0.25, 0.3) is 0 Å². The maximum Gasteiger partial charge on any atom is 0.192 e. The first-order valence-corrected chi connectivity index (χ1v) is 19.4. The van der Waals surface area contributed by atoms with E-state index >= 15 is 0 Å². The monoisotopic (exact) mass is 582 g/mol. The van der Waals surface area contributed by atoms with Crippen LogP contribution in [0.5, 0.6) is 0 Å². The maximum absolute atomic E-state index is 7.02. The lowest BCUT2D eigenvalue weighted by atomic mass is 10.0. The predicted molar refractivity (Wildman–Crippen MR) is 148 cm³/mol. The standard InChI is InChI=1S/C24H48Br2O2Si2/c1-23(2,3)29(7,8)27-21(17-13-11-15-19-25)22(18-14-12-16-20-26)28-30(9,10)24(4,5)6/h11-12,15-16,21-22H,13-14,17-20H2,1-10H3/b15-11+,16-12+/t21-,22-/m1/s1. The van der Waals surface area contributed by atoms with Crippen molar-refractivity contribution in [3.63, 3.8) is 0 Å². The lowest BCUT2D eigenvalue weighted by Crippen LogP contribution is -2.51. The molecule has 0 bridgehead atoms. The Hall–Kier alpha value is 0.794. The molecule has 30 heavy (non-hydrogen) atoms. The van der Waals surface area contributed by atoms with Crippen LogP contribution in [-0.2, 0) is 8.85 Å². The van der Waals surface area contributed by atoms with Crippen molar-refractivity contribution in [1.29, 1.82) is 0 Å². The first-order chi connectivity index (χ1) is 13.6. The Balaban J connectivity index is 5.82. The summed E-state index contributed by atoms with van der Waals surface area (Å²) in [5.41, 5.74) is 0. The number of hydrogen-bond donors (Lipinski definition) is 0. The van der Waals surface area contributed by atoms with Crippen LogP contribution in [0.1, 0.15) is 67.2 Å². The van der Waals surface area contributed by atoms with Gasteiger partial charge < -0.3 is 8.85 Å². The molecule has 0 radical (unpaired) electrons. The highest BCUT2D eigenvalue weighted by Crippen LogP contribution is 2.41. The van der Waals surface area contributed by atoms with Gasteiger partial charge in [-0.3, -0.25) is 0 Å². The van der Waals surface area contributed by atoms with Crippen molar-refractivity contribution in [3.8, 4) is 0 Å². The van der Waals surface area contributed by atoms with E-state index in [0.29, 0.717) is 0 Å². The molecule has 0 aromatic rings. The second-order valence-electron chi connectivity index (χ2n) is 11.2. The zero-order valence-electron chi connectivity index (χ0n) is 21.3. The zero-order valence-corrected chi connectivity index (χ0v) is 26.5. The number of allylic oxidation sites excluding steroid dienone is 4. The fourth-order valence-corrected chi connectivity index (χ4v) is 5.92. The van der Waals surface area contributed by atoms with E-state index in [-0.39, 0.29) is 22.3 Å². The van der Waals surface area contributed by atoms with Gasteiger partial charge in [-0.25, -0.2) is 0 Å². The molecule has 0 rings (SSSR count). The number of alkyl halides is 2. The van der Waals surface area contributed by atoms with Gasteiger partial charge in [-0.15, -0.1) is 0 Å². The minimum absolute atomic E-state index is 0.136. The van der Waals surface area contributed by atoms with E-state index in [4.69, 9.17) is 8.85 Å². The molecule has 0 spiro atoms. The molecule has 0 saturated carbocycles. The molecule has 2 nitrogen and oxygen atoms in total. The van der Waals surface area contributed by atoms with Gasteiger partial charge in [-0.1, -0.05) is 97.7 Å². The predicted octanol–water partition coefficient (Wildman–Crippen LogP) is 9.23. The van der Waals surface area contributed by atoms with Crippen molar-refractivity contribution in [2.24, 2.45) is 0 Å². The fraction of sp³-hybridized carbons (Fsp3) is 0.833. The van der Waals surface area contributed by atoms with E-state index in [1.165, 1.54) is 0 Å². The third-order valence-electron chi connectivity index (χ3n) is 6.67. The Morgan fingerprint density at radius 2 is 0.933 bits per heavy atom. The van der Waals surface area contributed by atoms with Gasteiger partial charge in [-0.05, 0) is 61.9 Å². The molecule has 178 valence electrons. The summed E-state index contributed by atoms with van der Waals surface area (Å²) in [6.07, 6.45) is 13.3. The van der Waals surface area contributed by atoms with Crippen LogP contribution < -0.4 is 0 Å². The van der Waals surface area contributed by atoms with E-state index in [1.54, 1.807) is 0 Å². The largest absolute Gasteiger partial charge is 0.411 e. The van der Waals surface area contributed by atoms with E-state index in [0.717, 1.165) is 36.3 Å². The molecule has 0 aliphatic rings. The van der Waals surface area contributed by atoms with Crippen LogP contribution in [0.15, 0.2) is 24.3 Å². The minimum atomic E-state index is -1.90. The Labute approximate surface area is 207 Å². The average molecular weight is 585 g/mol. The Morgan fingerprint density at radius 1 is 0.633 bits per heavy atom. The fourth-order valence-electron chi connectivity index (χ4n) is 2.63. The molecular weight excluding hydrogens is 536 g/mol. The summed E-state index contributed by atoms with van der Waals surface area (Å²) in [6.45, 7) is 23.4. The van der Waals surface area contributed by atoms with E-state index < -0.39 is 16.6 Å². The molecule has 0 N–H and O–H groups in total. The Bertz CT molecular complexity index is 484. The van der Waals surface area contributed by atoms with Crippen molar-refractivity contribution >= 4 is 48.5 Å². The minimum Gasteiger partial charge on any atom is -0.411 e. The van der Waals surface area contributed by atoms with Crippen molar-refractivity contribution < 1.29 is 8.85 Å². The van der Waals surface area contributed by atoms with Gasteiger partial charge in [0.2, 0.25) is 0 Å². The molecule has 0 aromatic carbocycles. The van der Waals surface area contributed by atoms with Crippen molar-refractivity contribution in [1.82, 2.24) is 0 Å². The molecule has 2 atom stereocenters. The Kier molecular flexibility index (Phi) is 13.8. The maximum atomic E-state index is 7.02. The van der Waals surface area contributed by atoms with Crippen LogP contribution in [-0.4, -0.2) is 39.5 Å². The van der Waals surface area contributed by atoms with Crippen LogP contribution in [0.3, 0.4) is 0 Å². The first kappa shape index (κ1) is 30.8. The summed E-state index contributed by atoms with van der Waals surface area (Å²) < 4.78 is 14.0. The highest BCUT2D eigenvalue weighted by Gasteiger charge is 2.44. The SMILES string of the molecule is CC(C)(C)[Si](C)(C)O[C@H](CC/C=C/CBr)[C@@H](CC/C=C/CBr)O[Si](C)(C)C(C)(C)C. The molecule has 0 aliphatic carbocycles. The lowest BCUT2D eigenvalue weighted by Gasteiger charge is -2.45. The van der Waals surface area contributed by atoms with E-state index in [2.05, 4.69) is 124 Å². The zero-order chi connectivity index (χ0) is 23.6. The van der Waals surface area contributed by atoms with Gasteiger partial charge in [0, 0.05) is 10.7 Å². The van der Waals surface area contributed by atoms with Crippen LogP contribution >= 0.6 is 31.9 Å². The van der Waals surface area contributed by atoms with Gasteiger partial charge in [-0.2, -0.15) is 0 Å². The van der Waals surface area contributed by atoms with E-state index in [1.807, 2.05) is 0 Å². The van der Waals surface area contributed by atoms with Gasteiger partial charge >= 0.3 is 0 Å². The lowest BCUT2D eigenvalue weighted by molar-refractivity contribution is 0.0265. The highest BCUT2D eigenvalue weighted by atomic mass is 79.9. The Morgan fingerprint density at radius 3 is 1.17 bits per heavy atom. The molecule has 0 aliphatic heterocycles. The topological polar surface area (TPSA) is 18.5 Å². The van der Waals surface area contributed by atoms with Gasteiger partial charge in [0.1, 0.15) is 0 Å². The summed E-state index contributed by atoms with van der Waals surface area (Å²) in [4.78, 5) is 0. The van der Waals surface area contributed by atoms with Crippen LogP contribution in [0.25, 0.3) is 0 Å². The van der Waals surface area contributed by atoms with Crippen molar-refractivity contribution in [2.75, 3.05) is 10.7 Å². The number of hydrogen-bond acceptors (Lipinski definition) is 2. The summed E-state index contributed by atoms with van der Waals surface area (Å²) in [7, 11) is -3.80. The molecule has 0 aromatic heterocycles. The first-order valence-electron chi connectivity index (χ1n) is 11.4. The summed E-state index contributed by atoms with van der Waals surface area (Å²) in [5.74, 6) is 0. The third kappa shape index (κ3) is 11.1. The second-order valence-corrected chi connectivity index (χ2v) is 22.0. The molecule has 0 unspecified atom stereocenters. The number of rotatable bonds is 13. The average Bonchev–Trinajstić information content (AvgIpc) is 2.58. The normalized spacial score (nSPS) is 16.5. The summed E-state index contributed by atoms with van der Waals surface area (Å²) in [5, 5.41) is 2.19. The third-order valence-corrected chi connectivity index (χ3v) is 16.4. The van der Waals surface area contributed by atoms with E-state index in [9.17, 15) is 0 Å². The van der Waals surface area contributed by atoms with Crippen LogP contribution in [0.2, 0.25) is 36.3 Å². The van der Waals surface area contributed by atoms with Crippen LogP contribution in [0.4, 0.5) is 0 Å². The quantitative estimate of drug-likeness (QED) is 0.122. The number of halogens is 2. The smallest absolute Gasteiger partial charge is 0.192 e. The van der Waals surface area contributed by atoms with Gasteiger partial charge in [0.05, 0.1) is 12.2 Å². The summed E-state index contributed by atoms with van der Waals surface area (Å²) >= 11 is 6.98. The van der Waals surface area contributed by atoms with Crippen molar-refractivity contribution in [3.05, 3.63) is 24.3 Å². The molecule has 6 heteroatoms. The highest BCUT2D eigenvalue weighted by molar-refractivity contribution is 9.09. The second kappa shape index (κ2) is 13.5. The van der Waals surface area contributed by atoms with Gasteiger partial charge in [0.15, 0.2) is 16.6 Å². The summed E-state index contributed by atoms with van der Waals surface area (Å²) in [6, 6.07) is 0. The molecule has 0 heterocycles. The molecular formula is C24H48Br2O2Si2. The molecule has 0 fully saturated rings. The van der Waals surface area contributed by atoms with Crippen LogP contribution in [0, 0.1) is 0 Å². The molecule has 0 saturated heterocycles. The van der Waals surface area contributed by atoms with Crippen molar-refractivity contribution in [2.45, 2.75) is 116 Å². The molecule has 0 amide bonds.